The maximum Gasteiger partial charge on any atom is 0.0817 e. The first-order chi connectivity index (χ1) is 5.77. The van der Waals surface area contributed by atoms with Gasteiger partial charge in [-0.05, 0) is 24.8 Å². The van der Waals surface area contributed by atoms with Crippen LogP contribution in [-0.4, -0.2) is 32.8 Å². The fourth-order valence-electron chi connectivity index (χ4n) is 1.38. The number of nitrogens with one attached hydrogen (secondary N) is 1. The molecule has 12 heavy (non-hydrogen) atoms. The van der Waals surface area contributed by atoms with Crippen molar-refractivity contribution in [2.75, 3.05) is 26.7 Å². The second kappa shape index (κ2) is 4.80. The first-order valence-corrected chi connectivity index (χ1v) is 4.71. The third-order valence-corrected chi connectivity index (χ3v) is 2.65. The maximum absolute atomic E-state index is 5.48. The molecule has 1 rings (SSSR count). The quantitative estimate of drug-likeness (QED) is 0.602. The van der Waals surface area contributed by atoms with E-state index in [0.29, 0.717) is 6.54 Å². The maximum atomic E-state index is 5.48. The molecule has 0 aromatic heterocycles. The summed E-state index contributed by atoms with van der Waals surface area (Å²) in [5, 5.41) is 3.37. The van der Waals surface area contributed by atoms with Crippen LogP contribution in [-0.2, 0) is 4.74 Å². The van der Waals surface area contributed by atoms with E-state index in [1.807, 2.05) is 0 Å². The smallest absolute Gasteiger partial charge is 0.0817 e. The average Bonchev–Trinajstić information content (AvgIpc) is 2.76. The van der Waals surface area contributed by atoms with Crippen molar-refractivity contribution in [3.63, 3.8) is 0 Å². The van der Waals surface area contributed by atoms with Gasteiger partial charge in [0.2, 0.25) is 0 Å². The zero-order valence-corrected chi connectivity index (χ0v) is 8.05. The lowest BCUT2D eigenvalue weighted by atomic mass is 10.3. The van der Waals surface area contributed by atoms with Gasteiger partial charge in [0.15, 0.2) is 0 Å². The van der Waals surface area contributed by atoms with Crippen molar-refractivity contribution in [2.45, 2.75) is 19.4 Å². The van der Waals surface area contributed by atoms with Gasteiger partial charge in [0.1, 0.15) is 0 Å². The second-order valence-corrected chi connectivity index (χ2v) is 3.72. The molecule has 3 heteroatoms. The Balaban J connectivity index is 1.93. The molecule has 0 aromatic rings. The molecule has 72 valence electrons. The molecule has 0 aliphatic heterocycles. The Hall–Kier alpha value is -0.120. The first kappa shape index (κ1) is 9.96. The minimum atomic E-state index is 0.180. The van der Waals surface area contributed by atoms with Gasteiger partial charge < -0.3 is 15.8 Å². The fourth-order valence-corrected chi connectivity index (χ4v) is 1.38. The number of hydrogen-bond acceptors (Lipinski definition) is 3. The lowest BCUT2D eigenvalue weighted by molar-refractivity contribution is 0.108. The van der Waals surface area contributed by atoms with E-state index in [0.717, 1.165) is 24.9 Å². The Morgan fingerprint density at radius 1 is 1.67 bits per heavy atom. The highest BCUT2D eigenvalue weighted by molar-refractivity contribution is 4.84. The van der Waals surface area contributed by atoms with Crippen LogP contribution in [0.5, 0.6) is 0 Å². The Kier molecular flexibility index (Phi) is 3.98. The second-order valence-electron chi connectivity index (χ2n) is 3.72. The van der Waals surface area contributed by atoms with Gasteiger partial charge in [0.05, 0.1) is 6.10 Å². The zero-order chi connectivity index (χ0) is 8.97. The third kappa shape index (κ3) is 3.09. The summed E-state index contributed by atoms with van der Waals surface area (Å²) in [4.78, 5) is 0. The molecule has 0 radical (unpaired) electrons. The van der Waals surface area contributed by atoms with Crippen LogP contribution in [0.3, 0.4) is 0 Å². The molecular formula is C9H20N2O. The fraction of sp³-hybridized carbons (Fsp3) is 1.00. The SMILES string of the molecule is COC(CN)CNCC1CC1C. The van der Waals surface area contributed by atoms with Crippen LogP contribution < -0.4 is 11.1 Å². The van der Waals surface area contributed by atoms with E-state index >= 15 is 0 Å². The molecule has 0 bridgehead atoms. The highest BCUT2D eigenvalue weighted by atomic mass is 16.5. The normalized spacial score (nSPS) is 30.2. The van der Waals surface area contributed by atoms with Crippen molar-refractivity contribution < 1.29 is 4.74 Å². The molecule has 1 fully saturated rings. The number of rotatable bonds is 6. The van der Waals surface area contributed by atoms with Crippen LogP contribution in [0, 0.1) is 11.8 Å². The van der Waals surface area contributed by atoms with E-state index in [-0.39, 0.29) is 6.10 Å². The Labute approximate surface area is 74.7 Å². The predicted octanol–water partition coefficient (Wildman–Crippen LogP) is 0.206. The van der Waals surface area contributed by atoms with Gasteiger partial charge in [-0.15, -0.1) is 0 Å². The summed E-state index contributed by atoms with van der Waals surface area (Å²) in [6, 6.07) is 0. The van der Waals surface area contributed by atoms with Gasteiger partial charge >= 0.3 is 0 Å². The van der Waals surface area contributed by atoms with Crippen molar-refractivity contribution in [1.82, 2.24) is 5.32 Å². The molecule has 0 heterocycles. The summed E-state index contributed by atoms with van der Waals surface area (Å²) >= 11 is 0. The highest BCUT2D eigenvalue weighted by Crippen LogP contribution is 2.36. The Morgan fingerprint density at radius 2 is 2.33 bits per heavy atom. The van der Waals surface area contributed by atoms with E-state index in [1.165, 1.54) is 6.42 Å². The topological polar surface area (TPSA) is 47.3 Å². The van der Waals surface area contributed by atoms with E-state index in [9.17, 15) is 0 Å². The van der Waals surface area contributed by atoms with Crippen LogP contribution in [0.2, 0.25) is 0 Å². The first-order valence-electron chi connectivity index (χ1n) is 4.71. The van der Waals surface area contributed by atoms with E-state index in [2.05, 4.69) is 12.2 Å². The van der Waals surface area contributed by atoms with Gasteiger partial charge in [0.25, 0.3) is 0 Å². The van der Waals surface area contributed by atoms with E-state index < -0.39 is 0 Å². The van der Waals surface area contributed by atoms with Crippen LogP contribution >= 0.6 is 0 Å². The van der Waals surface area contributed by atoms with Crippen molar-refractivity contribution in [1.29, 1.82) is 0 Å². The Morgan fingerprint density at radius 3 is 2.75 bits per heavy atom. The average molecular weight is 172 g/mol. The summed E-state index contributed by atoms with van der Waals surface area (Å²) in [7, 11) is 1.71. The number of ether oxygens (including phenoxy) is 1. The monoisotopic (exact) mass is 172 g/mol. The molecule has 3 N–H and O–H groups in total. The van der Waals surface area contributed by atoms with Crippen LogP contribution in [0.15, 0.2) is 0 Å². The van der Waals surface area contributed by atoms with E-state index in [4.69, 9.17) is 10.5 Å². The van der Waals surface area contributed by atoms with Gasteiger partial charge in [-0.2, -0.15) is 0 Å². The number of nitrogens with two attached hydrogens (primary N) is 1. The minimum Gasteiger partial charge on any atom is -0.379 e. The standard InChI is InChI=1S/C9H20N2O/c1-7-3-8(7)5-11-6-9(4-10)12-2/h7-9,11H,3-6,10H2,1-2H3. The molecule has 0 spiro atoms. The number of methoxy groups -OCH3 is 1. The molecule has 3 unspecified atom stereocenters. The summed E-state index contributed by atoms with van der Waals surface area (Å²) in [5.41, 5.74) is 5.48. The van der Waals surface area contributed by atoms with Crippen molar-refractivity contribution >= 4 is 0 Å². The molecule has 0 amide bonds. The lowest BCUT2D eigenvalue weighted by Gasteiger charge is -2.13. The van der Waals surface area contributed by atoms with Crippen LogP contribution in [0.1, 0.15) is 13.3 Å². The van der Waals surface area contributed by atoms with Crippen molar-refractivity contribution in [2.24, 2.45) is 17.6 Å². The van der Waals surface area contributed by atoms with Crippen LogP contribution in [0.25, 0.3) is 0 Å². The summed E-state index contributed by atoms with van der Waals surface area (Å²) < 4.78 is 5.14. The van der Waals surface area contributed by atoms with Gasteiger partial charge in [-0.1, -0.05) is 6.92 Å². The molecule has 1 saturated carbocycles. The van der Waals surface area contributed by atoms with Crippen molar-refractivity contribution in [3.8, 4) is 0 Å². The summed E-state index contributed by atoms with van der Waals surface area (Å²) in [6.45, 7) is 4.91. The van der Waals surface area contributed by atoms with E-state index in [1.54, 1.807) is 7.11 Å². The van der Waals surface area contributed by atoms with Gasteiger partial charge in [-0.25, -0.2) is 0 Å². The van der Waals surface area contributed by atoms with Crippen LogP contribution in [0.4, 0.5) is 0 Å². The van der Waals surface area contributed by atoms with Gasteiger partial charge in [0, 0.05) is 20.2 Å². The molecule has 1 aliphatic carbocycles. The molecule has 1 aliphatic rings. The van der Waals surface area contributed by atoms with Crippen molar-refractivity contribution in [3.05, 3.63) is 0 Å². The molecule has 0 aromatic carbocycles. The zero-order valence-electron chi connectivity index (χ0n) is 8.05. The Bertz CT molecular complexity index is 126. The molecule has 0 saturated heterocycles. The lowest BCUT2D eigenvalue weighted by Crippen LogP contribution is -2.35. The highest BCUT2D eigenvalue weighted by Gasteiger charge is 2.31. The largest absolute Gasteiger partial charge is 0.379 e. The number of hydrogen-bond donors (Lipinski definition) is 2. The van der Waals surface area contributed by atoms with Gasteiger partial charge in [-0.3, -0.25) is 0 Å². The summed E-state index contributed by atoms with van der Waals surface area (Å²) in [6.07, 6.45) is 1.56. The third-order valence-electron chi connectivity index (χ3n) is 2.65. The molecule has 3 atom stereocenters. The predicted molar refractivity (Wildman–Crippen MR) is 50.0 cm³/mol. The summed E-state index contributed by atoms with van der Waals surface area (Å²) in [5.74, 6) is 1.83. The minimum absolute atomic E-state index is 0.180. The molecular weight excluding hydrogens is 152 g/mol. The molecule has 3 nitrogen and oxygen atoms in total.